The SMILES string of the molecule is CC(C)c1c(C(=O)O)nnn1-c1ccc(I)cc1Cl. The summed E-state index contributed by atoms with van der Waals surface area (Å²) >= 11 is 8.34. The zero-order valence-corrected chi connectivity index (χ0v) is 13.2. The smallest absolute Gasteiger partial charge is 0.358 e. The van der Waals surface area contributed by atoms with Gasteiger partial charge in [-0.2, -0.15) is 0 Å². The minimum atomic E-state index is -1.09. The summed E-state index contributed by atoms with van der Waals surface area (Å²) in [5.41, 5.74) is 1.13. The third-order valence-electron chi connectivity index (χ3n) is 2.59. The van der Waals surface area contributed by atoms with Gasteiger partial charge < -0.3 is 5.11 Å². The molecule has 1 N–H and O–H groups in total. The summed E-state index contributed by atoms with van der Waals surface area (Å²) in [6.07, 6.45) is 0. The summed E-state index contributed by atoms with van der Waals surface area (Å²) in [6.45, 7) is 3.78. The fraction of sp³-hybridized carbons (Fsp3) is 0.250. The van der Waals surface area contributed by atoms with E-state index >= 15 is 0 Å². The average Bonchev–Trinajstić information content (AvgIpc) is 2.73. The topological polar surface area (TPSA) is 68.0 Å². The highest BCUT2D eigenvalue weighted by Gasteiger charge is 2.23. The number of carbonyl (C=O) groups is 1. The van der Waals surface area contributed by atoms with Gasteiger partial charge in [0, 0.05) is 3.57 Å². The largest absolute Gasteiger partial charge is 0.476 e. The number of nitrogens with zero attached hydrogens (tertiary/aromatic N) is 3. The first-order chi connectivity index (χ1) is 8.91. The Morgan fingerprint density at radius 3 is 2.68 bits per heavy atom. The van der Waals surface area contributed by atoms with Crippen LogP contribution in [0.4, 0.5) is 0 Å². The zero-order valence-electron chi connectivity index (χ0n) is 10.3. The highest BCUT2D eigenvalue weighted by atomic mass is 127. The summed E-state index contributed by atoms with van der Waals surface area (Å²) in [7, 11) is 0. The van der Waals surface area contributed by atoms with Crippen LogP contribution in [0.25, 0.3) is 5.69 Å². The normalized spacial score (nSPS) is 11.0. The molecule has 1 aromatic carbocycles. The molecule has 0 spiro atoms. The molecule has 1 heterocycles. The molecular formula is C12H11ClIN3O2. The molecule has 0 aliphatic heterocycles. The van der Waals surface area contributed by atoms with Crippen molar-refractivity contribution < 1.29 is 9.90 Å². The second kappa shape index (κ2) is 5.46. The molecule has 5 nitrogen and oxygen atoms in total. The van der Waals surface area contributed by atoms with Crippen molar-refractivity contribution in [1.29, 1.82) is 0 Å². The molecule has 0 bridgehead atoms. The van der Waals surface area contributed by atoms with Gasteiger partial charge in [-0.25, -0.2) is 9.48 Å². The molecule has 0 saturated heterocycles. The van der Waals surface area contributed by atoms with E-state index in [4.69, 9.17) is 16.7 Å². The highest BCUT2D eigenvalue weighted by molar-refractivity contribution is 14.1. The van der Waals surface area contributed by atoms with Crippen LogP contribution in [-0.2, 0) is 0 Å². The second-order valence-electron chi connectivity index (χ2n) is 4.29. The summed E-state index contributed by atoms with van der Waals surface area (Å²) in [4.78, 5) is 11.2. The molecule has 0 aliphatic rings. The number of carboxylic acids is 1. The average molecular weight is 392 g/mol. The Balaban J connectivity index is 2.65. The van der Waals surface area contributed by atoms with Crippen molar-refractivity contribution in [3.05, 3.63) is 38.2 Å². The molecular weight excluding hydrogens is 381 g/mol. The van der Waals surface area contributed by atoms with Crippen LogP contribution in [-0.4, -0.2) is 26.1 Å². The van der Waals surface area contributed by atoms with Crippen molar-refractivity contribution in [2.75, 3.05) is 0 Å². The molecule has 1 aromatic heterocycles. The maximum absolute atomic E-state index is 11.2. The van der Waals surface area contributed by atoms with E-state index in [9.17, 15) is 4.79 Å². The second-order valence-corrected chi connectivity index (χ2v) is 5.94. The molecule has 100 valence electrons. The van der Waals surface area contributed by atoms with Gasteiger partial charge in [0.2, 0.25) is 0 Å². The fourth-order valence-corrected chi connectivity index (χ4v) is 2.73. The first kappa shape index (κ1) is 14.3. The Kier molecular flexibility index (Phi) is 4.10. The van der Waals surface area contributed by atoms with Gasteiger partial charge in [-0.3, -0.25) is 0 Å². The van der Waals surface area contributed by atoms with Crippen molar-refractivity contribution in [3.63, 3.8) is 0 Å². The van der Waals surface area contributed by atoms with Gasteiger partial charge in [0.05, 0.1) is 16.4 Å². The Morgan fingerprint density at radius 1 is 1.47 bits per heavy atom. The van der Waals surface area contributed by atoms with E-state index in [0.29, 0.717) is 16.4 Å². The van der Waals surface area contributed by atoms with E-state index in [2.05, 4.69) is 32.9 Å². The first-order valence-electron chi connectivity index (χ1n) is 5.56. The fourth-order valence-electron chi connectivity index (χ4n) is 1.79. The number of carboxylic acid groups (broad SMARTS) is 1. The van der Waals surface area contributed by atoms with Crippen LogP contribution < -0.4 is 0 Å². The first-order valence-corrected chi connectivity index (χ1v) is 7.01. The summed E-state index contributed by atoms with van der Waals surface area (Å²) < 4.78 is 2.49. The number of hydrogen-bond donors (Lipinski definition) is 1. The molecule has 0 aliphatic carbocycles. The standard InChI is InChI=1S/C12H11ClIN3O2/c1-6(2)11-10(12(18)19)15-16-17(11)9-4-3-7(14)5-8(9)13/h3-6H,1-2H3,(H,18,19). The Bertz CT molecular complexity index is 640. The van der Waals surface area contributed by atoms with E-state index in [0.717, 1.165) is 3.57 Å². The van der Waals surface area contributed by atoms with Crippen LogP contribution in [0.2, 0.25) is 5.02 Å². The molecule has 19 heavy (non-hydrogen) atoms. The molecule has 7 heteroatoms. The molecule has 0 fully saturated rings. The van der Waals surface area contributed by atoms with Gasteiger partial charge in [0.25, 0.3) is 0 Å². The molecule has 0 saturated carbocycles. The maximum atomic E-state index is 11.2. The van der Waals surface area contributed by atoms with Crippen molar-refractivity contribution >= 4 is 40.2 Å². The van der Waals surface area contributed by atoms with Crippen LogP contribution in [0.3, 0.4) is 0 Å². The van der Waals surface area contributed by atoms with E-state index in [-0.39, 0.29) is 11.6 Å². The summed E-state index contributed by atoms with van der Waals surface area (Å²) in [5.74, 6) is -1.12. The van der Waals surface area contributed by atoms with Crippen molar-refractivity contribution in [3.8, 4) is 5.69 Å². The van der Waals surface area contributed by atoms with Crippen LogP contribution in [0.15, 0.2) is 18.2 Å². The van der Waals surface area contributed by atoms with Crippen LogP contribution in [0, 0.1) is 3.57 Å². The molecule has 0 radical (unpaired) electrons. The Hall–Kier alpha value is -1.15. The number of rotatable bonds is 3. The minimum Gasteiger partial charge on any atom is -0.476 e. The predicted molar refractivity (Wildman–Crippen MR) is 80.1 cm³/mol. The third-order valence-corrected chi connectivity index (χ3v) is 3.57. The summed E-state index contributed by atoms with van der Waals surface area (Å²) in [5, 5.41) is 17.3. The lowest BCUT2D eigenvalue weighted by molar-refractivity contribution is 0.0688. The number of aromatic carboxylic acids is 1. The van der Waals surface area contributed by atoms with Crippen molar-refractivity contribution in [2.45, 2.75) is 19.8 Å². The number of halogens is 2. The highest BCUT2D eigenvalue weighted by Crippen LogP contribution is 2.27. The van der Waals surface area contributed by atoms with Crippen LogP contribution in [0.5, 0.6) is 0 Å². The molecule has 0 unspecified atom stereocenters. The lowest BCUT2D eigenvalue weighted by atomic mass is 10.1. The van der Waals surface area contributed by atoms with Gasteiger partial charge >= 0.3 is 5.97 Å². The van der Waals surface area contributed by atoms with Crippen molar-refractivity contribution in [1.82, 2.24) is 15.0 Å². The van der Waals surface area contributed by atoms with Gasteiger partial charge in [0.1, 0.15) is 0 Å². The monoisotopic (exact) mass is 391 g/mol. The van der Waals surface area contributed by atoms with Gasteiger partial charge in [-0.05, 0) is 46.7 Å². The number of aromatic nitrogens is 3. The predicted octanol–water partition coefficient (Wildman–Crippen LogP) is 3.35. The van der Waals surface area contributed by atoms with E-state index in [1.807, 2.05) is 19.9 Å². The number of hydrogen-bond acceptors (Lipinski definition) is 3. The molecule has 2 rings (SSSR count). The van der Waals surface area contributed by atoms with Crippen molar-refractivity contribution in [2.24, 2.45) is 0 Å². The number of benzene rings is 1. The Labute approximate surface area is 128 Å². The van der Waals surface area contributed by atoms with Gasteiger partial charge in [-0.1, -0.05) is 30.7 Å². The molecule has 0 amide bonds. The molecule has 0 atom stereocenters. The van der Waals surface area contributed by atoms with E-state index in [1.165, 1.54) is 4.68 Å². The maximum Gasteiger partial charge on any atom is 0.358 e. The lowest BCUT2D eigenvalue weighted by Gasteiger charge is -2.11. The molecule has 2 aromatic rings. The van der Waals surface area contributed by atoms with Gasteiger partial charge in [-0.15, -0.1) is 5.10 Å². The zero-order chi connectivity index (χ0) is 14.2. The van der Waals surface area contributed by atoms with Gasteiger partial charge in [0.15, 0.2) is 5.69 Å². The minimum absolute atomic E-state index is 0.0311. The van der Waals surface area contributed by atoms with Crippen LogP contribution in [0.1, 0.15) is 35.9 Å². The van der Waals surface area contributed by atoms with E-state index < -0.39 is 5.97 Å². The lowest BCUT2D eigenvalue weighted by Crippen LogP contribution is -2.09. The third kappa shape index (κ3) is 2.74. The summed E-state index contributed by atoms with van der Waals surface area (Å²) in [6, 6.07) is 5.48. The quantitative estimate of drug-likeness (QED) is 0.815. The Morgan fingerprint density at radius 2 is 2.16 bits per heavy atom. The van der Waals surface area contributed by atoms with E-state index in [1.54, 1.807) is 12.1 Å². The van der Waals surface area contributed by atoms with Crippen LogP contribution >= 0.6 is 34.2 Å².